The Hall–Kier alpha value is -0.970. The van der Waals surface area contributed by atoms with Crippen molar-refractivity contribution in [3.8, 4) is 0 Å². The van der Waals surface area contributed by atoms with Gasteiger partial charge in [0.15, 0.2) is 0 Å². The fourth-order valence-electron chi connectivity index (χ4n) is 0.809. The second kappa shape index (κ2) is 3.83. The fraction of sp³-hybridized carbons (Fsp3) is 0.375. The van der Waals surface area contributed by atoms with Crippen LogP contribution in [0.4, 0.5) is 8.78 Å². The summed E-state index contributed by atoms with van der Waals surface area (Å²) in [6, 6.07) is 2.91. The molecule has 1 aromatic heterocycles. The van der Waals surface area contributed by atoms with Crippen molar-refractivity contribution < 1.29 is 13.6 Å². The van der Waals surface area contributed by atoms with E-state index < -0.39 is 18.4 Å². The summed E-state index contributed by atoms with van der Waals surface area (Å²) in [5.41, 5.74) is 0. The van der Waals surface area contributed by atoms with Gasteiger partial charge < -0.3 is 5.32 Å². The highest BCUT2D eigenvalue weighted by Gasteiger charge is 2.32. The van der Waals surface area contributed by atoms with E-state index in [1.165, 1.54) is 13.0 Å². The maximum absolute atomic E-state index is 13.1. The SMILES string of the molecule is CC(=O)NCC(F)(F)c1cccs1. The third kappa shape index (κ3) is 2.77. The summed E-state index contributed by atoms with van der Waals surface area (Å²) >= 11 is 0.980. The lowest BCUT2D eigenvalue weighted by molar-refractivity contribution is -0.121. The third-order valence-corrected chi connectivity index (χ3v) is 2.42. The van der Waals surface area contributed by atoms with Crippen molar-refractivity contribution in [2.75, 3.05) is 6.54 Å². The molecule has 0 fully saturated rings. The van der Waals surface area contributed by atoms with Crippen LogP contribution in [0.2, 0.25) is 0 Å². The number of thiophene rings is 1. The molecule has 0 aliphatic carbocycles. The van der Waals surface area contributed by atoms with Gasteiger partial charge in [0.2, 0.25) is 5.91 Å². The van der Waals surface area contributed by atoms with Gasteiger partial charge in [0.05, 0.1) is 11.4 Å². The maximum Gasteiger partial charge on any atom is 0.299 e. The number of halogens is 2. The van der Waals surface area contributed by atoms with Crippen molar-refractivity contribution in [3.05, 3.63) is 22.4 Å². The van der Waals surface area contributed by atoms with E-state index in [1.807, 2.05) is 0 Å². The first-order valence-corrected chi connectivity index (χ1v) is 4.56. The van der Waals surface area contributed by atoms with Gasteiger partial charge in [-0.15, -0.1) is 11.3 Å². The highest BCUT2D eigenvalue weighted by atomic mass is 32.1. The highest BCUT2D eigenvalue weighted by Crippen LogP contribution is 2.30. The Morgan fingerprint density at radius 2 is 2.38 bits per heavy atom. The van der Waals surface area contributed by atoms with Crippen LogP contribution in [0.3, 0.4) is 0 Å². The van der Waals surface area contributed by atoms with E-state index >= 15 is 0 Å². The lowest BCUT2D eigenvalue weighted by Crippen LogP contribution is -2.32. The van der Waals surface area contributed by atoms with Crippen LogP contribution < -0.4 is 5.32 Å². The van der Waals surface area contributed by atoms with Crippen molar-refractivity contribution >= 4 is 17.2 Å². The molecule has 0 saturated heterocycles. The summed E-state index contributed by atoms with van der Waals surface area (Å²) in [6.07, 6.45) is 0. The molecule has 0 radical (unpaired) electrons. The molecule has 5 heteroatoms. The summed E-state index contributed by atoms with van der Waals surface area (Å²) in [6.45, 7) is 0.577. The number of alkyl halides is 2. The Labute approximate surface area is 78.6 Å². The summed E-state index contributed by atoms with van der Waals surface area (Å²) in [7, 11) is 0. The zero-order valence-electron chi connectivity index (χ0n) is 7.01. The molecule has 0 aliphatic rings. The van der Waals surface area contributed by atoms with E-state index in [0.717, 1.165) is 11.3 Å². The maximum atomic E-state index is 13.1. The van der Waals surface area contributed by atoms with Crippen molar-refractivity contribution in [2.45, 2.75) is 12.8 Å². The predicted molar refractivity (Wildman–Crippen MR) is 46.9 cm³/mol. The Balaban J connectivity index is 2.61. The third-order valence-electron chi connectivity index (χ3n) is 1.44. The van der Waals surface area contributed by atoms with E-state index in [1.54, 1.807) is 11.4 Å². The van der Waals surface area contributed by atoms with Crippen LogP contribution in [-0.4, -0.2) is 12.5 Å². The minimum Gasteiger partial charge on any atom is -0.350 e. The van der Waals surface area contributed by atoms with Crippen LogP contribution in [0.5, 0.6) is 0 Å². The zero-order valence-corrected chi connectivity index (χ0v) is 7.83. The molecular weight excluding hydrogens is 196 g/mol. The number of hydrogen-bond acceptors (Lipinski definition) is 2. The molecule has 0 aromatic carbocycles. The minimum atomic E-state index is -2.96. The standard InChI is InChI=1S/C8H9F2NOS/c1-6(12)11-5-8(9,10)7-3-2-4-13-7/h2-4H,5H2,1H3,(H,11,12). The Kier molecular flexibility index (Phi) is 2.98. The molecule has 13 heavy (non-hydrogen) atoms. The van der Waals surface area contributed by atoms with Crippen LogP contribution in [0.1, 0.15) is 11.8 Å². The van der Waals surface area contributed by atoms with Crippen LogP contribution in [0, 0.1) is 0 Å². The summed E-state index contributed by atoms with van der Waals surface area (Å²) in [4.78, 5) is 10.4. The smallest absolute Gasteiger partial charge is 0.299 e. The topological polar surface area (TPSA) is 29.1 Å². The van der Waals surface area contributed by atoms with Crippen molar-refractivity contribution in [1.82, 2.24) is 5.32 Å². The lowest BCUT2D eigenvalue weighted by Gasteiger charge is -2.14. The lowest BCUT2D eigenvalue weighted by atomic mass is 10.3. The molecular formula is C8H9F2NOS. The van der Waals surface area contributed by atoms with Gasteiger partial charge in [0.1, 0.15) is 0 Å². The molecule has 1 aromatic rings. The number of carbonyl (C=O) groups excluding carboxylic acids is 1. The first-order valence-electron chi connectivity index (χ1n) is 3.68. The van der Waals surface area contributed by atoms with Crippen molar-refractivity contribution in [3.63, 3.8) is 0 Å². The summed E-state index contributed by atoms with van der Waals surface area (Å²) in [5, 5.41) is 3.67. The van der Waals surface area contributed by atoms with E-state index in [9.17, 15) is 13.6 Å². The van der Waals surface area contributed by atoms with Gasteiger partial charge in [0, 0.05) is 6.92 Å². The quantitative estimate of drug-likeness (QED) is 0.803. The first kappa shape index (κ1) is 10.1. The number of hydrogen-bond donors (Lipinski definition) is 1. The molecule has 0 spiro atoms. The van der Waals surface area contributed by atoms with Gasteiger partial charge >= 0.3 is 0 Å². The van der Waals surface area contributed by atoms with Gasteiger partial charge in [-0.1, -0.05) is 6.07 Å². The molecule has 0 bridgehead atoms. The van der Waals surface area contributed by atoms with Gasteiger partial charge in [-0.05, 0) is 11.4 Å². The molecule has 72 valence electrons. The molecule has 1 amide bonds. The predicted octanol–water partition coefficient (Wildman–Crippen LogP) is 1.98. The molecule has 1 heterocycles. The second-order valence-corrected chi connectivity index (χ2v) is 3.54. The normalized spacial score (nSPS) is 11.3. The molecule has 2 nitrogen and oxygen atoms in total. The summed E-state index contributed by atoms with van der Waals surface area (Å²) < 4.78 is 26.3. The minimum absolute atomic E-state index is 0.0266. The summed E-state index contributed by atoms with van der Waals surface area (Å²) in [5.74, 6) is -3.41. The van der Waals surface area contributed by atoms with Gasteiger partial charge in [-0.2, -0.15) is 8.78 Å². The van der Waals surface area contributed by atoms with Crippen molar-refractivity contribution in [2.24, 2.45) is 0 Å². The average molecular weight is 205 g/mol. The Bertz CT molecular complexity index is 284. The van der Waals surface area contributed by atoms with E-state index in [-0.39, 0.29) is 4.88 Å². The molecule has 1 N–H and O–H groups in total. The molecule has 0 atom stereocenters. The number of rotatable bonds is 3. The Morgan fingerprint density at radius 1 is 1.69 bits per heavy atom. The highest BCUT2D eigenvalue weighted by molar-refractivity contribution is 7.10. The largest absolute Gasteiger partial charge is 0.350 e. The van der Waals surface area contributed by atoms with Crippen LogP contribution in [-0.2, 0) is 10.7 Å². The van der Waals surface area contributed by atoms with E-state index in [2.05, 4.69) is 5.32 Å². The van der Waals surface area contributed by atoms with Gasteiger partial charge in [0.25, 0.3) is 5.92 Å². The number of nitrogens with one attached hydrogen (secondary N) is 1. The van der Waals surface area contributed by atoms with Gasteiger partial charge in [-0.3, -0.25) is 4.79 Å². The van der Waals surface area contributed by atoms with Crippen LogP contribution in [0.25, 0.3) is 0 Å². The molecule has 0 aliphatic heterocycles. The average Bonchev–Trinajstić information content (AvgIpc) is 2.53. The Morgan fingerprint density at radius 3 is 2.85 bits per heavy atom. The zero-order chi connectivity index (χ0) is 9.90. The number of carbonyl (C=O) groups is 1. The van der Waals surface area contributed by atoms with Gasteiger partial charge in [-0.25, -0.2) is 0 Å². The molecule has 1 rings (SSSR count). The second-order valence-electron chi connectivity index (χ2n) is 2.59. The monoisotopic (exact) mass is 205 g/mol. The van der Waals surface area contributed by atoms with Crippen molar-refractivity contribution in [1.29, 1.82) is 0 Å². The molecule has 0 unspecified atom stereocenters. The van der Waals surface area contributed by atoms with Crippen LogP contribution >= 0.6 is 11.3 Å². The van der Waals surface area contributed by atoms with E-state index in [0.29, 0.717) is 0 Å². The first-order chi connectivity index (χ1) is 6.02. The fourth-order valence-corrected chi connectivity index (χ4v) is 1.51. The van der Waals surface area contributed by atoms with Crippen LogP contribution in [0.15, 0.2) is 17.5 Å². The van der Waals surface area contributed by atoms with E-state index in [4.69, 9.17) is 0 Å². The number of amides is 1. The molecule has 0 saturated carbocycles.